The van der Waals surface area contributed by atoms with E-state index in [0.29, 0.717) is 10.7 Å². The highest BCUT2D eigenvalue weighted by molar-refractivity contribution is 9.10. The van der Waals surface area contributed by atoms with E-state index in [2.05, 4.69) is 21.2 Å². The number of hydrogen-bond donors (Lipinski definition) is 1. The Morgan fingerprint density at radius 2 is 2.13 bits per heavy atom. The van der Waals surface area contributed by atoms with Crippen LogP contribution in [0.25, 0.3) is 0 Å². The summed E-state index contributed by atoms with van der Waals surface area (Å²) in [5.41, 5.74) is 1.62. The van der Waals surface area contributed by atoms with Gasteiger partial charge in [0.1, 0.15) is 0 Å². The first-order valence-electron chi connectivity index (χ1n) is 4.40. The Labute approximate surface area is 102 Å². The first kappa shape index (κ1) is 12.3. The van der Waals surface area contributed by atoms with Crippen LogP contribution in [0.15, 0.2) is 34.3 Å². The third-order valence-corrected chi connectivity index (χ3v) is 2.53. The van der Waals surface area contributed by atoms with Crippen molar-refractivity contribution in [1.29, 1.82) is 0 Å². The molecule has 0 aliphatic heterocycles. The predicted octanol–water partition coefficient (Wildman–Crippen LogP) is 4.01. The fourth-order valence-electron chi connectivity index (χ4n) is 1.02. The van der Waals surface area contributed by atoms with Gasteiger partial charge in [0.25, 0.3) is 0 Å². The van der Waals surface area contributed by atoms with Crippen LogP contribution in [0.5, 0.6) is 0 Å². The van der Waals surface area contributed by atoms with Crippen molar-refractivity contribution in [2.45, 2.75) is 13.8 Å². The van der Waals surface area contributed by atoms with Gasteiger partial charge in [0.2, 0.25) is 5.91 Å². The molecule has 0 bridgehead atoms. The van der Waals surface area contributed by atoms with Crippen molar-refractivity contribution in [3.8, 4) is 0 Å². The van der Waals surface area contributed by atoms with Crippen LogP contribution in [-0.4, -0.2) is 5.91 Å². The standard InChI is InChI=1S/C11H11BrClNO/c1-7(2)5-11(15)14-10-6-8(13)3-4-9(10)12/h3-6H,1-2H3,(H,14,15). The summed E-state index contributed by atoms with van der Waals surface area (Å²) in [5.74, 6) is -0.155. The highest BCUT2D eigenvalue weighted by Gasteiger charge is 2.03. The van der Waals surface area contributed by atoms with Gasteiger partial charge >= 0.3 is 0 Å². The molecule has 0 atom stereocenters. The Balaban J connectivity index is 2.85. The molecule has 1 aromatic rings. The molecule has 1 rings (SSSR count). The molecular formula is C11H11BrClNO. The average Bonchev–Trinajstić information content (AvgIpc) is 2.10. The SMILES string of the molecule is CC(C)=CC(=O)Nc1cc(Cl)ccc1Br. The van der Waals surface area contributed by atoms with Gasteiger partial charge in [-0.05, 0) is 48.0 Å². The van der Waals surface area contributed by atoms with Crippen molar-refractivity contribution in [1.82, 2.24) is 0 Å². The topological polar surface area (TPSA) is 29.1 Å². The number of anilines is 1. The predicted molar refractivity (Wildman–Crippen MR) is 67.2 cm³/mol. The van der Waals surface area contributed by atoms with E-state index in [-0.39, 0.29) is 5.91 Å². The number of allylic oxidation sites excluding steroid dienone is 1. The van der Waals surface area contributed by atoms with Crippen LogP contribution in [0, 0.1) is 0 Å². The Morgan fingerprint density at radius 1 is 1.47 bits per heavy atom. The van der Waals surface area contributed by atoms with Crippen LogP contribution in [0.1, 0.15) is 13.8 Å². The number of rotatable bonds is 2. The van der Waals surface area contributed by atoms with E-state index in [4.69, 9.17) is 11.6 Å². The molecule has 0 radical (unpaired) electrons. The molecule has 0 aromatic heterocycles. The van der Waals surface area contributed by atoms with Gasteiger partial charge in [-0.3, -0.25) is 4.79 Å². The van der Waals surface area contributed by atoms with Crippen molar-refractivity contribution >= 4 is 39.1 Å². The molecule has 80 valence electrons. The second kappa shape index (κ2) is 5.33. The maximum Gasteiger partial charge on any atom is 0.248 e. The van der Waals surface area contributed by atoms with Crippen molar-refractivity contribution < 1.29 is 4.79 Å². The number of nitrogens with one attached hydrogen (secondary N) is 1. The van der Waals surface area contributed by atoms with E-state index < -0.39 is 0 Å². The molecule has 15 heavy (non-hydrogen) atoms. The highest BCUT2D eigenvalue weighted by atomic mass is 79.9. The lowest BCUT2D eigenvalue weighted by molar-refractivity contribution is -0.111. The van der Waals surface area contributed by atoms with Crippen LogP contribution >= 0.6 is 27.5 Å². The summed E-state index contributed by atoms with van der Waals surface area (Å²) in [4.78, 5) is 11.4. The summed E-state index contributed by atoms with van der Waals surface area (Å²) in [5, 5.41) is 3.32. The molecule has 0 saturated heterocycles. The minimum absolute atomic E-state index is 0.155. The fraction of sp³-hybridized carbons (Fsp3) is 0.182. The largest absolute Gasteiger partial charge is 0.321 e. The second-order valence-corrected chi connectivity index (χ2v) is 4.63. The quantitative estimate of drug-likeness (QED) is 0.819. The van der Waals surface area contributed by atoms with E-state index >= 15 is 0 Å². The lowest BCUT2D eigenvalue weighted by Crippen LogP contribution is -2.08. The fourth-order valence-corrected chi connectivity index (χ4v) is 1.54. The van der Waals surface area contributed by atoms with Crippen molar-refractivity contribution in [3.63, 3.8) is 0 Å². The Hall–Kier alpha value is -0.800. The monoisotopic (exact) mass is 287 g/mol. The van der Waals surface area contributed by atoms with Crippen LogP contribution in [0.3, 0.4) is 0 Å². The van der Waals surface area contributed by atoms with Crippen LogP contribution in [0.4, 0.5) is 5.69 Å². The number of hydrogen-bond acceptors (Lipinski definition) is 1. The number of benzene rings is 1. The molecule has 2 nitrogen and oxygen atoms in total. The first-order valence-corrected chi connectivity index (χ1v) is 5.57. The minimum atomic E-state index is -0.155. The number of halogens is 2. The van der Waals surface area contributed by atoms with Gasteiger partial charge in [0.15, 0.2) is 0 Å². The summed E-state index contributed by atoms with van der Waals surface area (Å²) in [6.45, 7) is 3.74. The average molecular weight is 289 g/mol. The second-order valence-electron chi connectivity index (χ2n) is 3.34. The van der Waals surface area contributed by atoms with Crippen molar-refractivity contribution in [2.24, 2.45) is 0 Å². The Bertz CT molecular complexity index is 411. The summed E-state index contributed by atoms with van der Waals surface area (Å²) in [6.07, 6.45) is 1.54. The zero-order valence-corrected chi connectivity index (χ0v) is 10.8. The van der Waals surface area contributed by atoms with Crippen LogP contribution < -0.4 is 5.32 Å². The molecule has 1 aromatic carbocycles. The normalized spacial score (nSPS) is 9.60. The van der Waals surface area contributed by atoms with E-state index in [1.807, 2.05) is 13.8 Å². The van der Waals surface area contributed by atoms with Gasteiger partial charge in [-0.15, -0.1) is 0 Å². The van der Waals surface area contributed by atoms with Crippen molar-refractivity contribution in [3.05, 3.63) is 39.3 Å². The third kappa shape index (κ3) is 4.06. The van der Waals surface area contributed by atoms with Crippen molar-refractivity contribution in [2.75, 3.05) is 5.32 Å². The van der Waals surface area contributed by atoms with Crippen LogP contribution in [0.2, 0.25) is 5.02 Å². The molecular weight excluding hydrogens is 277 g/mol. The van der Waals surface area contributed by atoms with Gasteiger partial charge < -0.3 is 5.32 Å². The molecule has 0 aliphatic carbocycles. The first-order chi connectivity index (χ1) is 6.99. The van der Waals surface area contributed by atoms with E-state index in [1.165, 1.54) is 6.08 Å². The highest BCUT2D eigenvalue weighted by Crippen LogP contribution is 2.25. The van der Waals surface area contributed by atoms with Gasteiger partial charge in [-0.2, -0.15) is 0 Å². The summed E-state index contributed by atoms with van der Waals surface area (Å²) in [6, 6.07) is 5.24. The molecule has 0 aliphatic rings. The van der Waals surface area contributed by atoms with E-state index in [9.17, 15) is 4.79 Å². The molecule has 0 heterocycles. The van der Waals surface area contributed by atoms with E-state index in [0.717, 1.165) is 10.0 Å². The van der Waals surface area contributed by atoms with Crippen LogP contribution in [-0.2, 0) is 4.79 Å². The Morgan fingerprint density at radius 3 is 2.73 bits per heavy atom. The maximum absolute atomic E-state index is 11.4. The summed E-state index contributed by atoms with van der Waals surface area (Å²) < 4.78 is 0.808. The molecule has 1 amide bonds. The molecule has 0 saturated carbocycles. The molecule has 0 fully saturated rings. The van der Waals surface area contributed by atoms with Gasteiger partial charge in [0.05, 0.1) is 5.69 Å². The Kier molecular flexibility index (Phi) is 4.36. The number of carbonyl (C=O) groups is 1. The van der Waals surface area contributed by atoms with Gasteiger partial charge in [-0.25, -0.2) is 0 Å². The number of amides is 1. The van der Waals surface area contributed by atoms with E-state index in [1.54, 1.807) is 18.2 Å². The third-order valence-electron chi connectivity index (χ3n) is 1.61. The maximum atomic E-state index is 11.4. The summed E-state index contributed by atoms with van der Waals surface area (Å²) in [7, 11) is 0. The zero-order valence-electron chi connectivity index (χ0n) is 8.47. The molecule has 0 unspecified atom stereocenters. The lowest BCUT2D eigenvalue weighted by Gasteiger charge is -2.05. The van der Waals surface area contributed by atoms with Gasteiger partial charge in [0, 0.05) is 15.6 Å². The molecule has 0 spiro atoms. The van der Waals surface area contributed by atoms with Gasteiger partial charge in [-0.1, -0.05) is 17.2 Å². The lowest BCUT2D eigenvalue weighted by atomic mass is 10.3. The smallest absolute Gasteiger partial charge is 0.248 e. The molecule has 4 heteroatoms. The minimum Gasteiger partial charge on any atom is -0.321 e. The zero-order chi connectivity index (χ0) is 11.4. The summed E-state index contributed by atoms with van der Waals surface area (Å²) >= 11 is 9.15. The number of carbonyl (C=O) groups excluding carboxylic acids is 1. The molecule has 1 N–H and O–H groups in total.